The van der Waals surface area contributed by atoms with Gasteiger partial charge in [-0.25, -0.2) is 4.39 Å². The number of benzene rings is 1. The van der Waals surface area contributed by atoms with E-state index >= 15 is 0 Å². The average Bonchev–Trinajstić information content (AvgIpc) is 2.01. The molecule has 1 N–H and O–H groups in total. The van der Waals surface area contributed by atoms with Crippen LogP contribution in [0.1, 0.15) is 37.5 Å². The molecule has 1 aromatic rings. The summed E-state index contributed by atoms with van der Waals surface area (Å²) in [6, 6.07) is 4.52. The van der Waals surface area contributed by atoms with Crippen LogP contribution in [0.2, 0.25) is 0 Å². The molecule has 1 nitrogen and oxygen atoms in total. The van der Waals surface area contributed by atoms with Crippen LogP contribution in [0.4, 0.5) is 4.39 Å². The van der Waals surface area contributed by atoms with E-state index in [1.807, 2.05) is 6.92 Å². The fourth-order valence-electron chi connectivity index (χ4n) is 1.59. The second-order valence-electron chi connectivity index (χ2n) is 4.15. The van der Waals surface area contributed by atoms with Gasteiger partial charge in [-0.15, -0.1) is 0 Å². The predicted octanol–water partition coefficient (Wildman–Crippen LogP) is 3.21. The summed E-state index contributed by atoms with van der Waals surface area (Å²) >= 11 is 0. The first kappa shape index (κ1) is 11.2. The van der Waals surface area contributed by atoms with E-state index in [9.17, 15) is 9.50 Å². The van der Waals surface area contributed by atoms with E-state index in [1.54, 1.807) is 6.07 Å². The number of aliphatic hydroxyl groups excluding tert-OH is 1. The fourth-order valence-corrected chi connectivity index (χ4v) is 1.59. The summed E-state index contributed by atoms with van der Waals surface area (Å²) in [7, 11) is 0. The van der Waals surface area contributed by atoms with Gasteiger partial charge in [-0.3, -0.25) is 0 Å². The van der Waals surface area contributed by atoms with Crippen molar-refractivity contribution in [1.29, 1.82) is 0 Å². The lowest BCUT2D eigenvalue weighted by Crippen LogP contribution is -2.04. The zero-order valence-corrected chi connectivity index (χ0v) is 8.92. The molecule has 0 saturated carbocycles. The first-order valence-electron chi connectivity index (χ1n) is 4.95. The number of rotatable bonds is 3. The largest absolute Gasteiger partial charge is 0.388 e. The van der Waals surface area contributed by atoms with E-state index in [0.29, 0.717) is 12.3 Å². The number of halogens is 1. The second kappa shape index (κ2) is 4.56. The van der Waals surface area contributed by atoms with Crippen molar-refractivity contribution >= 4 is 0 Å². The topological polar surface area (TPSA) is 20.2 Å². The monoisotopic (exact) mass is 196 g/mol. The van der Waals surface area contributed by atoms with Gasteiger partial charge in [0.05, 0.1) is 6.10 Å². The van der Waals surface area contributed by atoms with Gasteiger partial charge in [0.15, 0.2) is 0 Å². The molecule has 0 amide bonds. The summed E-state index contributed by atoms with van der Waals surface area (Å²) in [5.74, 6) is 0.192. The maximum atomic E-state index is 12.8. The van der Waals surface area contributed by atoms with Crippen molar-refractivity contribution < 1.29 is 9.50 Å². The van der Waals surface area contributed by atoms with Crippen LogP contribution in [0.25, 0.3) is 0 Å². The smallest absolute Gasteiger partial charge is 0.123 e. The molecule has 0 aliphatic heterocycles. The third-order valence-corrected chi connectivity index (χ3v) is 2.29. The molecular weight excluding hydrogens is 179 g/mol. The molecule has 0 aromatic heterocycles. The van der Waals surface area contributed by atoms with Gasteiger partial charge >= 0.3 is 0 Å². The van der Waals surface area contributed by atoms with Crippen LogP contribution in [0.15, 0.2) is 18.2 Å². The first-order valence-corrected chi connectivity index (χ1v) is 4.95. The zero-order valence-electron chi connectivity index (χ0n) is 8.92. The Morgan fingerprint density at radius 1 is 1.36 bits per heavy atom. The summed E-state index contributed by atoms with van der Waals surface area (Å²) in [6.07, 6.45) is 0.238. The highest BCUT2D eigenvalue weighted by atomic mass is 19.1. The van der Waals surface area contributed by atoms with E-state index in [-0.39, 0.29) is 5.82 Å². The minimum Gasteiger partial charge on any atom is -0.388 e. The van der Waals surface area contributed by atoms with Crippen LogP contribution in [0.5, 0.6) is 0 Å². The Morgan fingerprint density at radius 2 is 2.00 bits per heavy atom. The molecule has 1 aromatic carbocycles. The van der Waals surface area contributed by atoms with Gasteiger partial charge < -0.3 is 5.11 Å². The third kappa shape index (κ3) is 2.81. The molecule has 0 fully saturated rings. The van der Waals surface area contributed by atoms with Gasteiger partial charge in [0.1, 0.15) is 5.82 Å². The second-order valence-corrected chi connectivity index (χ2v) is 4.15. The fraction of sp³-hybridized carbons (Fsp3) is 0.500. The maximum Gasteiger partial charge on any atom is 0.123 e. The molecule has 1 rings (SSSR count). The van der Waals surface area contributed by atoms with E-state index < -0.39 is 6.10 Å². The maximum absolute atomic E-state index is 12.8. The molecule has 1 unspecified atom stereocenters. The number of aryl methyl sites for hydroxylation is 1. The molecule has 78 valence electrons. The summed E-state index contributed by atoms with van der Waals surface area (Å²) in [5, 5.41) is 9.84. The Morgan fingerprint density at radius 3 is 2.50 bits per heavy atom. The number of hydrogen-bond acceptors (Lipinski definition) is 1. The lowest BCUT2D eigenvalue weighted by molar-refractivity contribution is 0.150. The van der Waals surface area contributed by atoms with Gasteiger partial charge in [0, 0.05) is 0 Å². The van der Waals surface area contributed by atoms with E-state index in [1.165, 1.54) is 12.1 Å². The average molecular weight is 196 g/mol. The lowest BCUT2D eigenvalue weighted by atomic mass is 9.96. The van der Waals surface area contributed by atoms with Gasteiger partial charge in [-0.2, -0.15) is 0 Å². The van der Waals surface area contributed by atoms with Gasteiger partial charge in [-0.1, -0.05) is 19.9 Å². The molecule has 0 saturated heterocycles. The first-order chi connectivity index (χ1) is 6.50. The van der Waals surface area contributed by atoms with Crippen LogP contribution in [0.3, 0.4) is 0 Å². The quantitative estimate of drug-likeness (QED) is 0.787. The normalized spacial score (nSPS) is 13.3. The lowest BCUT2D eigenvalue weighted by Gasteiger charge is -2.15. The zero-order chi connectivity index (χ0) is 10.7. The Labute approximate surface area is 84.6 Å². The number of hydrogen-bond donors (Lipinski definition) is 1. The Kier molecular flexibility index (Phi) is 3.64. The Bertz CT molecular complexity index is 307. The summed E-state index contributed by atoms with van der Waals surface area (Å²) in [6.45, 7) is 5.94. The van der Waals surface area contributed by atoms with E-state index in [2.05, 4.69) is 13.8 Å². The van der Waals surface area contributed by atoms with Crippen LogP contribution < -0.4 is 0 Å². The SMILES string of the molecule is Cc1cc(F)ccc1C(O)CC(C)C. The van der Waals surface area contributed by atoms with Crippen LogP contribution in [0, 0.1) is 18.7 Å². The summed E-state index contributed by atoms with van der Waals surface area (Å²) in [5.41, 5.74) is 1.65. The van der Waals surface area contributed by atoms with Crippen molar-refractivity contribution in [2.75, 3.05) is 0 Å². The van der Waals surface area contributed by atoms with Crippen LogP contribution in [-0.4, -0.2) is 5.11 Å². The van der Waals surface area contributed by atoms with Crippen molar-refractivity contribution in [1.82, 2.24) is 0 Å². The van der Waals surface area contributed by atoms with E-state index in [4.69, 9.17) is 0 Å². The molecule has 0 bridgehead atoms. The van der Waals surface area contributed by atoms with Crippen molar-refractivity contribution in [2.45, 2.75) is 33.3 Å². The van der Waals surface area contributed by atoms with E-state index in [0.717, 1.165) is 11.1 Å². The molecular formula is C12H17FO. The van der Waals surface area contributed by atoms with Gasteiger partial charge in [0.2, 0.25) is 0 Å². The third-order valence-electron chi connectivity index (χ3n) is 2.29. The van der Waals surface area contributed by atoms with Crippen LogP contribution in [-0.2, 0) is 0 Å². The van der Waals surface area contributed by atoms with Gasteiger partial charge in [0.25, 0.3) is 0 Å². The van der Waals surface area contributed by atoms with Crippen molar-refractivity contribution in [3.8, 4) is 0 Å². The highest BCUT2D eigenvalue weighted by Crippen LogP contribution is 2.24. The molecule has 1 atom stereocenters. The summed E-state index contributed by atoms with van der Waals surface area (Å²) in [4.78, 5) is 0. The Hall–Kier alpha value is -0.890. The molecule has 0 aliphatic rings. The molecule has 0 spiro atoms. The molecule has 0 heterocycles. The molecule has 2 heteroatoms. The molecule has 0 radical (unpaired) electrons. The highest BCUT2D eigenvalue weighted by Gasteiger charge is 2.12. The van der Waals surface area contributed by atoms with Gasteiger partial charge in [-0.05, 0) is 42.5 Å². The van der Waals surface area contributed by atoms with Crippen molar-refractivity contribution in [2.24, 2.45) is 5.92 Å². The predicted molar refractivity (Wildman–Crippen MR) is 55.6 cm³/mol. The number of aliphatic hydroxyl groups is 1. The van der Waals surface area contributed by atoms with Crippen molar-refractivity contribution in [3.05, 3.63) is 35.1 Å². The molecule has 14 heavy (non-hydrogen) atoms. The highest BCUT2D eigenvalue weighted by molar-refractivity contribution is 5.28. The standard InChI is InChI=1S/C12H17FO/c1-8(2)6-12(14)11-5-4-10(13)7-9(11)3/h4-5,7-8,12,14H,6H2,1-3H3. The summed E-state index contributed by atoms with van der Waals surface area (Å²) < 4.78 is 12.8. The molecule has 0 aliphatic carbocycles. The van der Waals surface area contributed by atoms with Crippen molar-refractivity contribution in [3.63, 3.8) is 0 Å². The minimum atomic E-state index is -0.476. The Balaban J connectivity index is 2.84. The minimum absolute atomic E-state index is 0.247. The van der Waals surface area contributed by atoms with Crippen LogP contribution >= 0.6 is 0 Å².